The molecule has 1 atom stereocenters. The van der Waals surface area contributed by atoms with Crippen LogP contribution in [0.3, 0.4) is 0 Å². The van der Waals surface area contributed by atoms with Gasteiger partial charge in [-0.2, -0.15) is 0 Å². The smallest absolute Gasteiger partial charge is 0.0107 e. The Labute approximate surface area is 89.1 Å². The van der Waals surface area contributed by atoms with Gasteiger partial charge in [-0.1, -0.05) is 20.3 Å². The second-order valence-corrected chi connectivity index (χ2v) is 4.49. The molecule has 1 aliphatic heterocycles. The molecule has 1 aliphatic rings. The molecule has 0 aliphatic carbocycles. The van der Waals surface area contributed by atoms with Crippen LogP contribution in [0.15, 0.2) is 0 Å². The van der Waals surface area contributed by atoms with E-state index >= 15 is 0 Å². The minimum absolute atomic E-state index is 0.992. The van der Waals surface area contributed by atoms with Crippen LogP contribution < -0.4 is 5.32 Å². The molecule has 1 heterocycles. The number of rotatable bonds is 7. The zero-order valence-corrected chi connectivity index (χ0v) is 9.89. The quantitative estimate of drug-likeness (QED) is 0.630. The van der Waals surface area contributed by atoms with E-state index in [0.29, 0.717) is 0 Å². The molecule has 0 radical (unpaired) electrons. The van der Waals surface area contributed by atoms with Gasteiger partial charge >= 0.3 is 0 Å². The van der Waals surface area contributed by atoms with Crippen LogP contribution >= 0.6 is 0 Å². The highest BCUT2D eigenvalue weighted by Gasteiger charge is 2.20. The standard InChI is InChI=1S/C12H26N2/c1-3-5-12-6-9-14(11-12)10-8-13-7-4-2/h12-13H,3-11H2,1-2H3. The fourth-order valence-electron chi connectivity index (χ4n) is 2.30. The van der Waals surface area contributed by atoms with Crippen LogP contribution in [-0.2, 0) is 0 Å². The third-order valence-corrected chi connectivity index (χ3v) is 3.10. The van der Waals surface area contributed by atoms with Crippen molar-refractivity contribution in [2.75, 3.05) is 32.7 Å². The number of likely N-dealkylation sites (tertiary alicyclic amines) is 1. The average Bonchev–Trinajstić information content (AvgIpc) is 2.61. The van der Waals surface area contributed by atoms with Crippen LogP contribution in [0.4, 0.5) is 0 Å². The Balaban J connectivity index is 1.98. The molecule has 2 heteroatoms. The highest BCUT2D eigenvalue weighted by atomic mass is 15.2. The lowest BCUT2D eigenvalue weighted by atomic mass is 10.0. The van der Waals surface area contributed by atoms with Crippen molar-refractivity contribution in [2.45, 2.75) is 39.5 Å². The van der Waals surface area contributed by atoms with E-state index in [1.807, 2.05) is 0 Å². The van der Waals surface area contributed by atoms with Gasteiger partial charge in [0.05, 0.1) is 0 Å². The normalized spacial score (nSPS) is 23.1. The maximum absolute atomic E-state index is 3.47. The Hall–Kier alpha value is -0.0800. The summed E-state index contributed by atoms with van der Waals surface area (Å²) in [5.41, 5.74) is 0. The summed E-state index contributed by atoms with van der Waals surface area (Å²) < 4.78 is 0. The summed E-state index contributed by atoms with van der Waals surface area (Å²) in [7, 11) is 0. The summed E-state index contributed by atoms with van der Waals surface area (Å²) in [6, 6.07) is 0. The number of hydrogen-bond acceptors (Lipinski definition) is 2. The van der Waals surface area contributed by atoms with E-state index in [1.165, 1.54) is 58.4 Å². The average molecular weight is 198 g/mol. The molecule has 0 aromatic rings. The Morgan fingerprint density at radius 1 is 1.21 bits per heavy atom. The zero-order valence-electron chi connectivity index (χ0n) is 9.89. The van der Waals surface area contributed by atoms with Crippen LogP contribution in [0.5, 0.6) is 0 Å². The summed E-state index contributed by atoms with van der Waals surface area (Å²) in [4.78, 5) is 2.61. The molecule has 2 nitrogen and oxygen atoms in total. The fraction of sp³-hybridized carbons (Fsp3) is 1.00. The predicted molar refractivity (Wildman–Crippen MR) is 62.6 cm³/mol. The minimum Gasteiger partial charge on any atom is -0.315 e. The van der Waals surface area contributed by atoms with Gasteiger partial charge in [0.2, 0.25) is 0 Å². The van der Waals surface area contributed by atoms with Crippen molar-refractivity contribution in [3.8, 4) is 0 Å². The van der Waals surface area contributed by atoms with Gasteiger partial charge in [0.15, 0.2) is 0 Å². The van der Waals surface area contributed by atoms with Crippen LogP contribution in [0.25, 0.3) is 0 Å². The van der Waals surface area contributed by atoms with E-state index < -0.39 is 0 Å². The predicted octanol–water partition coefficient (Wildman–Crippen LogP) is 2.11. The molecule has 0 aromatic heterocycles. The molecule has 1 rings (SSSR count). The molecule has 0 aromatic carbocycles. The SMILES string of the molecule is CCCNCCN1CCC(CCC)C1. The molecule has 84 valence electrons. The first-order valence-electron chi connectivity index (χ1n) is 6.29. The van der Waals surface area contributed by atoms with Crippen molar-refractivity contribution >= 4 is 0 Å². The van der Waals surface area contributed by atoms with Crippen molar-refractivity contribution in [2.24, 2.45) is 5.92 Å². The topological polar surface area (TPSA) is 15.3 Å². The van der Waals surface area contributed by atoms with Crippen LogP contribution in [0, 0.1) is 5.92 Å². The van der Waals surface area contributed by atoms with Crippen molar-refractivity contribution in [1.82, 2.24) is 10.2 Å². The van der Waals surface area contributed by atoms with Gasteiger partial charge in [-0.25, -0.2) is 0 Å². The minimum atomic E-state index is 0.992. The highest BCUT2D eigenvalue weighted by Crippen LogP contribution is 2.19. The second kappa shape index (κ2) is 7.24. The van der Waals surface area contributed by atoms with E-state index in [-0.39, 0.29) is 0 Å². The van der Waals surface area contributed by atoms with Gasteiger partial charge in [-0.15, -0.1) is 0 Å². The number of nitrogens with zero attached hydrogens (tertiary/aromatic N) is 1. The Morgan fingerprint density at radius 2 is 2.07 bits per heavy atom. The van der Waals surface area contributed by atoms with Crippen molar-refractivity contribution in [3.63, 3.8) is 0 Å². The number of hydrogen-bond donors (Lipinski definition) is 1. The summed E-state index contributed by atoms with van der Waals surface area (Å²) in [5.74, 6) is 0.992. The van der Waals surface area contributed by atoms with Crippen molar-refractivity contribution in [3.05, 3.63) is 0 Å². The maximum Gasteiger partial charge on any atom is 0.0107 e. The lowest BCUT2D eigenvalue weighted by Gasteiger charge is -2.15. The number of nitrogens with one attached hydrogen (secondary N) is 1. The van der Waals surface area contributed by atoms with Crippen LogP contribution in [-0.4, -0.2) is 37.6 Å². The third kappa shape index (κ3) is 4.43. The first-order valence-corrected chi connectivity index (χ1v) is 6.29. The van der Waals surface area contributed by atoms with Crippen LogP contribution in [0.2, 0.25) is 0 Å². The molecule has 0 amide bonds. The summed E-state index contributed by atoms with van der Waals surface area (Å²) in [6.07, 6.45) is 5.46. The highest BCUT2D eigenvalue weighted by molar-refractivity contribution is 4.75. The monoisotopic (exact) mass is 198 g/mol. The second-order valence-electron chi connectivity index (χ2n) is 4.49. The summed E-state index contributed by atoms with van der Waals surface area (Å²) in [6.45, 7) is 10.8. The Kier molecular flexibility index (Phi) is 6.20. The van der Waals surface area contributed by atoms with Gasteiger partial charge in [-0.3, -0.25) is 0 Å². The molecule has 14 heavy (non-hydrogen) atoms. The van der Waals surface area contributed by atoms with Crippen molar-refractivity contribution in [1.29, 1.82) is 0 Å². The van der Waals surface area contributed by atoms with E-state index in [0.717, 1.165) is 5.92 Å². The van der Waals surface area contributed by atoms with Gasteiger partial charge in [-0.05, 0) is 38.3 Å². The van der Waals surface area contributed by atoms with E-state index in [4.69, 9.17) is 0 Å². The largest absolute Gasteiger partial charge is 0.315 e. The summed E-state index contributed by atoms with van der Waals surface area (Å²) >= 11 is 0. The summed E-state index contributed by atoms with van der Waals surface area (Å²) in [5, 5.41) is 3.47. The van der Waals surface area contributed by atoms with E-state index in [2.05, 4.69) is 24.1 Å². The molecule has 0 spiro atoms. The fourth-order valence-corrected chi connectivity index (χ4v) is 2.30. The molecular formula is C12H26N2. The first kappa shape index (κ1) is 12.0. The lowest BCUT2D eigenvalue weighted by molar-refractivity contribution is 0.318. The Morgan fingerprint density at radius 3 is 2.79 bits per heavy atom. The molecule has 0 saturated carbocycles. The first-order chi connectivity index (χ1) is 6.86. The molecular weight excluding hydrogens is 172 g/mol. The lowest BCUT2D eigenvalue weighted by Crippen LogP contribution is -2.30. The van der Waals surface area contributed by atoms with E-state index in [9.17, 15) is 0 Å². The molecule has 1 unspecified atom stereocenters. The van der Waals surface area contributed by atoms with Gasteiger partial charge < -0.3 is 10.2 Å². The Bertz CT molecular complexity index is 136. The van der Waals surface area contributed by atoms with Gasteiger partial charge in [0.1, 0.15) is 0 Å². The molecule has 1 N–H and O–H groups in total. The maximum atomic E-state index is 3.47. The zero-order chi connectivity index (χ0) is 10.2. The van der Waals surface area contributed by atoms with Gasteiger partial charge in [0, 0.05) is 19.6 Å². The van der Waals surface area contributed by atoms with Crippen LogP contribution in [0.1, 0.15) is 39.5 Å². The third-order valence-electron chi connectivity index (χ3n) is 3.10. The molecule has 0 bridgehead atoms. The van der Waals surface area contributed by atoms with Crippen molar-refractivity contribution < 1.29 is 0 Å². The molecule has 1 saturated heterocycles. The molecule has 1 fully saturated rings. The van der Waals surface area contributed by atoms with Gasteiger partial charge in [0.25, 0.3) is 0 Å². The van der Waals surface area contributed by atoms with E-state index in [1.54, 1.807) is 0 Å².